The van der Waals surface area contributed by atoms with Gasteiger partial charge in [-0.15, -0.1) is 0 Å². The maximum atomic E-state index is 5.84. The highest BCUT2D eigenvalue weighted by atomic mass is 16.5. The third kappa shape index (κ3) is 4.44. The fourth-order valence-electron chi connectivity index (χ4n) is 3.73. The molecular weight excluding hydrogens is 248 g/mol. The van der Waals surface area contributed by atoms with E-state index in [0.29, 0.717) is 5.41 Å². The summed E-state index contributed by atoms with van der Waals surface area (Å²) in [6.45, 7) is 15.0. The van der Waals surface area contributed by atoms with Crippen LogP contribution in [0.1, 0.15) is 46.5 Å². The van der Waals surface area contributed by atoms with E-state index in [1.54, 1.807) is 0 Å². The Hall–Kier alpha value is -0.120. The SMILES string of the molecule is CCCNCC1(CN2CCC(C)C(C)C2)CCCOC1. The average Bonchev–Trinajstić information content (AvgIpc) is 2.44. The van der Waals surface area contributed by atoms with Crippen molar-refractivity contribution in [3.8, 4) is 0 Å². The van der Waals surface area contributed by atoms with E-state index < -0.39 is 0 Å². The maximum absolute atomic E-state index is 5.84. The van der Waals surface area contributed by atoms with Gasteiger partial charge in [-0.2, -0.15) is 0 Å². The van der Waals surface area contributed by atoms with E-state index in [-0.39, 0.29) is 0 Å². The predicted molar refractivity (Wildman–Crippen MR) is 85.0 cm³/mol. The van der Waals surface area contributed by atoms with Crippen LogP contribution in [0.4, 0.5) is 0 Å². The third-order valence-corrected chi connectivity index (χ3v) is 5.31. The lowest BCUT2D eigenvalue weighted by Gasteiger charge is -2.44. The Balaban J connectivity index is 1.89. The largest absolute Gasteiger partial charge is 0.381 e. The molecule has 3 unspecified atom stereocenters. The molecule has 1 N–H and O–H groups in total. The van der Waals surface area contributed by atoms with Gasteiger partial charge in [-0.3, -0.25) is 0 Å². The van der Waals surface area contributed by atoms with Crippen molar-refractivity contribution in [2.24, 2.45) is 17.3 Å². The zero-order valence-electron chi connectivity index (χ0n) is 13.8. The topological polar surface area (TPSA) is 24.5 Å². The summed E-state index contributed by atoms with van der Waals surface area (Å²) in [6.07, 6.45) is 5.13. The van der Waals surface area contributed by atoms with Crippen LogP contribution < -0.4 is 5.32 Å². The fourth-order valence-corrected chi connectivity index (χ4v) is 3.73. The Morgan fingerprint density at radius 3 is 2.80 bits per heavy atom. The number of rotatable bonds is 6. The predicted octanol–water partition coefficient (Wildman–Crippen LogP) is 2.76. The first-order valence-corrected chi connectivity index (χ1v) is 8.66. The molecule has 0 aromatic heterocycles. The molecule has 20 heavy (non-hydrogen) atoms. The van der Waals surface area contributed by atoms with Gasteiger partial charge in [0.1, 0.15) is 0 Å². The van der Waals surface area contributed by atoms with Gasteiger partial charge in [0.15, 0.2) is 0 Å². The van der Waals surface area contributed by atoms with Gasteiger partial charge in [0.25, 0.3) is 0 Å². The standard InChI is InChI=1S/C17H34N2O/c1-4-8-18-12-17(7-5-10-20-14-17)13-19-9-6-15(2)16(3)11-19/h15-16,18H,4-14H2,1-3H3. The molecule has 0 saturated carbocycles. The van der Waals surface area contributed by atoms with E-state index in [2.05, 4.69) is 31.0 Å². The minimum Gasteiger partial charge on any atom is -0.381 e. The van der Waals surface area contributed by atoms with Gasteiger partial charge < -0.3 is 15.0 Å². The van der Waals surface area contributed by atoms with Crippen molar-refractivity contribution >= 4 is 0 Å². The van der Waals surface area contributed by atoms with Crippen molar-refractivity contribution in [1.29, 1.82) is 0 Å². The van der Waals surface area contributed by atoms with Crippen LogP contribution in [-0.2, 0) is 4.74 Å². The molecule has 2 aliphatic heterocycles. The molecule has 2 rings (SSSR count). The highest BCUT2D eigenvalue weighted by molar-refractivity contribution is 4.89. The quantitative estimate of drug-likeness (QED) is 0.758. The molecule has 2 saturated heterocycles. The Morgan fingerprint density at radius 2 is 2.15 bits per heavy atom. The van der Waals surface area contributed by atoms with Gasteiger partial charge in [-0.1, -0.05) is 20.8 Å². The first-order chi connectivity index (χ1) is 9.65. The highest BCUT2D eigenvalue weighted by Crippen LogP contribution is 2.32. The minimum atomic E-state index is 0.355. The second-order valence-corrected chi connectivity index (χ2v) is 7.31. The molecule has 0 bridgehead atoms. The van der Waals surface area contributed by atoms with E-state index in [0.717, 1.165) is 38.1 Å². The molecule has 3 heteroatoms. The van der Waals surface area contributed by atoms with Crippen LogP contribution in [-0.4, -0.2) is 50.8 Å². The Morgan fingerprint density at radius 1 is 1.30 bits per heavy atom. The Bertz CT molecular complexity index is 276. The maximum Gasteiger partial charge on any atom is 0.0546 e. The van der Waals surface area contributed by atoms with Gasteiger partial charge in [0.05, 0.1) is 6.61 Å². The van der Waals surface area contributed by atoms with E-state index in [1.807, 2.05) is 0 Å². The molecule has 0 aromatic carbocycles. The van der Waals surface area contributed by atoms with Gasteiger partial charge in [-0.25, -0.2) is 0 Å². The molecule has 0 spiro atoms. The van der Waals surface area contributed by atoms with E-state index in [9.17, 15) is 0 Å². The zero-order chi connectivity index (χ0) is 14.4. The number of nitrogens with zero attached hydrogens (tertiary/aromatic N) is 1. The summed E-state index contributed by atoms with van der Waals surface area (Å²) in [6, 6.07) is 0. The van der Waals surface area contributed by atoms with Gasteiger partial charge in [-0.05, 0) is 50.6 Å². The lowest BCUT2D eigenvalue weighted by atomic mass is 9.80. The second kappa shape index (κ2) is 7.77. The molecule has 0 aromatic rings. The number of ether oxygens (including phenoxy) is 1. The molecule has 2 heterocycles. The molecule has 118 valence electrons. The van der Waals surface area contributed by atoms with Crippen molar-refractivity contribution in [3.63, 3.8) is 0 Å². The van der Waals surface area contributed by atoms with Gasteiger partial charge in [0.2, 0.25) is 0 Å². The normalized spacial score (nSPS) is 36.1. The number of piperidine rings is 1. The van der Waals surface area contributed by atoms with Crippen LogP contribution in [0.25, 0.3) is 0 Å². The first kappa shape index (κ1) is 16.3. The summed E-state index contributed by atoms with van der Waals surface area (Å²) in [7, 11) is 0. The average molecular weight is 282 g/mol. The Kier molecular flexibility index (Phi) is 6.31. The summed E-state index contributed by atoms with van der Waals surface area (Å²) in [5, 5.41) is 3.65. The lowest BCUT2D eigenvalue weighted by Crippen LogP contribution is -2.51. The molecule has 3 nitrogen and oxygen atoms in total. The number of hydrogen-bond donors (Lipinski definition) is 1. The Labute approximate surface area is 125 Å². The summed E-state index contributed by atoms with van der Waals surface area (Å²) in [4.78, 5) is 2.70. The number of likely N-dealkylation sites (tertiary alicyclic amines) is 1. The fraction of sp³-hybridized carbons (Fsp3) is 1.00. The second-order valence-electron chi connectivity index (χ2n) is 7.31. The third-order valence-electron chi connectivity index (χ3n) is 5.31. The lowest BCUT2D eigenvalue weighted by molar-refractivity contribution is -0.0344. The molecule has 0 amide bonds. The van der Waals surface area contributed by atoms with E-state index in [1.165, 1.54) is 45.3 Å². The smallest absolute Gasteiger partial charge is 0.0546 e. The number of nitrogens with one attached hydrogen (secondary N) is 1. The molecule has 0 radical (unpaired) electrons. The van der Waals surface area contributed by atoms with Crippen LogP contribution in [0.2, 0.25) is 0 Å². The van der Waals surface area contributed by atoms with Crippen molar-refractivity contribution in [2.45, 2.75) is 46.5 Å². The van der Waals surface area contributed by atoms with Crippen LogP contribution in [0.5, 0.6) is 0 Å². The van der Waals surface area contributed by atoms with Gasteiger partial charge >= 0.3 is 0 Å². The van der Waals surface area contributed by atoms with Crippen molar-refractivity contribution in [2.75, 3.05) is 45.9 Å². The zero-order valence-corrected chi connectivity index (χ0v) is 13.8. The summed E-state index contributed by atoms with van der Waals surface area (Å²) in [5.41, 5.74) is 0.355. The molecule has 3 atom stereocenters. The molecular formula is C17H34N2O. The minimum absolute atomic E-state index is 0.355. The van der Waals surface area contributed by atoms with Crippen LogP contribution in [0.3, 0.4) is 0 Å². The summed E-state index contributed by atoms with van der Waals surface area (Å²) >= 11 is 0. The van der Waals surface area contributed by atoms with E-state index >= 15 is 0 Å². The van der Waals surface area contributed by atoms with Crippen LogP contribution in [0.15, 0.2) is 0 Å². The first-order valence-electron chi connectivity index (χ1n) is 8.66. The van der Waals surface area contributed by atoms with Gasteiger partial charge in [0, 0.05) is 31.7 Å². The molecule has 2 fully saturated rings. The van der Waals surface area contributed by atoms with E-state index in [4.69, 9.17) is 4.74 Å². The van der Waals surface area contributed by atoms with Crippen molar-refractivity contribution < 1.29 is 4.74 Å². The monoisotopic (exact) mass is 282 g/mol. The van der Waals surface area contributed by atoms with Crippen LogP contribution in [0, 0.1) is 17.3 Å². The van der Waals surface area contributed by atoms with Crippen LogP contribution >= 0.6 is 0 Å². The summed E-state index contributed by atoms with van der Waals surface area (Å²) in [5.74, 6) is 1.73. The van der Waals surface area contributed by atoms with Crippen molar-refractivity contribution in [1.82, 2.24) is 10.2 Å². The highest BCUT2D eigenvalue weighted by Gasteiger charge is 2.36. The van der Waals surface area contributed by atoms with Crippen molar-refractivity contribution in [3.05, 3.63) is 0 Å². The molecule has 0 aliphatic carbocycles. The number of hydrogen-bond acceptors (Lipinski definition) is 3. The molecule has 2 aliphatic rings. The summed E-state index contributed by atoms with van der Waals surface area (Å²) < 4.78 is 5.84.